The summed E-state index contributed by atoms with van der Waals surface area (Å²) in [6.45, 7) is 8.10. The minimum atomic E-state index is -0.981. The molecule has 17 heavy (non-hydrogen) atoms. The Hall–Kier alpha value is -1.06. The first-order valence-corrected chi connectivity index (χ1v) is 6.27. The normalized spacial score (nSPS) is 26.8. The molecule has 1 atom stereocenters. The number of hydrogen-bond donors (Lipinski definition) is 1. The average Bonchev–Trinajstić information content (AvgIpc) is 2.52. The van der Waals surface area contributed by atoms with Crippen LogP contribution in [-0.4, -0.2) is 34.0 Å². The molecule has 0 saturated heterocycles. The third kappa shape index (κ3) is 2.61. The minimum Gasteiger partial charge on any atom is -0.479 e. The fourth-order valence-electron chi connectivity index (χ4n) is 2.94. The molecule has 1 rings (SSSR count). The first-order valence-electron chi connectivity index (χ1n) is 6.27. The van der Waals surface area contributed by atoms with E-state index < -0.39 is 11.5 Å². The summed E-state index contributed by atoms with van der Waals surface area (Å²) < 4.78 is 0. The van der Waals surface area contributed by atoms with E-state index in [-0.39, 0.29) is 11.3 Å². The molecule has 0 heterocycles. The Morgan fingerprint density at radius 3 is 2.18 bits per heavy atom. The number of amides is 1. The van der Waals surface area contributed by atoms with Crippen molar-refractivity contribution in [2.24, 2.45) is 5.41 Å². The van der Waals surface area contributed by atoms with Gasteiger partial charge < -0.3 is 10.0 Å². The maximum atomic E-state index is 11.7. The van der Waals surface area contributed by atoms with Crippen LogP contribution in [0.15, 0.2) is 0 Å². The Balaban J connectivity index is 3.07. The standard InChI is InChI=1S/C13H23NO3/c1-5-8-14(10(2)15)13(11(16)17)7-6-12(3,4)9-13/h5-9H2,1-4H3,(H,16,17). The number of carboxylic acids is 1. The van der Waals surface area contributed by atoms with Crippen molar-refractivity contribution in [2.75, 3.05) is 6.54 Å². The highest BCUT2D eigenvalue weighted by atomic mass is 16.4. The van der Waals surface area contributed by atoms with E-state index in [1.54, 1.807) is 4.90 Å². The molecular formula is C13H23NO3. The molecule has 1 N–H and O–H groups in total. The predicted molar refractivity (Wildman–Crippen MR) is 65.7 cm³/mol. The van der Waals surface area contributed by atoms with Gasteiger partial charge in [-0.05, 0) is 31.1 Å². The summed E-state index contributed by atoms with van der Waals surface area (Å²) in [5, 5.41) is 9.55. The molecule has 4 nitrogen and oxygen atoms in total. The monoisotopic (exact) mass is 241 g/mol. The third-order valence-corrected chi connectivity index (χ3v) is 3.73. The lowest BCUT2D eigenvalue weighted by atomic mass is 9.86. The molecule has 0 bridgehead atoms. The molecule has 0 radical (unpaired) electrons. The second kappa shape index (κ2) is 4.67. The molecule has 0 aromatic rings. The van der Waals surface area contributed by atoms with Gasteiger partial charge in [0.05, 0.1) is 0 Å². The summed E-state index contributed by atoms with van der Waals surface area (Å²) in [6, 6.07) is 0. The van der Waals surface area contributed by atoms with E-state index in [1.807, 2.05) is 6.92 Å². The molecule has 0 aliphatic heterocycles. The van der Waals surface area contributed by atoms with Crippen molar-refractivity contribution in [2.45, 2.75) is 58.9 Å². The molecule has 1 aliphatic rings. The molecule has 1 saturated carbocycles. The van der Waals surface area contributed by atoms with E-state index in [9.17, 15) is 14.7 Å². The summed E-state index contributed by atoms with van der Waals surface area (Å²) in [4.78, 5) is 24.9. The maximum Gasteiger partial charge on any atom is 0.329 e. The molecule has 1 fully saturated rings. The average molecular weight is 241 g/mol. The SMILES string of the molecule is CCCN(C(C)=O)C1(C(=O)O)CCC(C)(C)C1. The topological polar surface area (TPSA) is 57.6 Å². The van der Waals surface area contributed by atoms with E-state index in [0.717, 1.165) is 12.8 Å². The lowest BCUT2D eigenvalue weighted by molar-refractivity contribution is -0.159. The van der Waals surface area contributed by atoms with E-state index in [4.69, 9.17) is 0 Å². The first-order chi connectivity index (χ1) is 7.75. The van der Waals surface area contributed by atoms with Gasteiger partial charge in [0.2, 0.25) is 5.91 Å². The van der Waals surface area contributed by atoms with Gasteiger partial charge in [-0.2, -0.15) is 0 Å². The zero-order valence-corrected chi connectivity index (χ0v) is 11.2. The fourth-order valence-corrected chi connectivity index (χ4v) is 2.94. The third-order valence-electron chi connectivity index (χ3n) is 3.73. The Morgan fingerprint density at radius 1 is 1.29 bits per heavy atom. The molecule has 98 valence electrons. The summed E-state index contributed by atoms with van der Waals surface area (Å²) in [7, 11) is 0. The largest absolute Gasteiger partial charge is 0.479 e. The number of carbonyl (C=O) groups is 2. The molecule has 4 heteroatoms. The van der Waals surface area contributed by atoms with Gasteiger partial charge in [0.1, 0.15) is 5.54 Å². The number of carbonyl (C=O) groups excluding carboxylic acids is 1. The van der Waals surface area contributed by atoms with Crippen LogP contribution in [0.1, 0.15) is 53.4 Å². The van der Waals surface area contributed by atoms with E-state index in [0.29, 0.717) is 19.4 Å². The van der Waals surface area contributed by atoms with Gasteiger partial charge in [-0.25, -0.2) is 4.79 Å². The number of nitrogens with zero attached hydrogens (tertiary/aromatic N) is 1. The van der Waals surface area contributed by atoms with E-state index >= 15 is 0 Å². The predicted octanol–water partition coefficient (Wildman–Crippen LogP) is 2.28. The van der Waals surface area contributed by atoms with Crippen LogP contribution in [-0.2, 0) is 9.59 Å². The molecule has 0 aromatic carbocycles. The summed E-state index contributed by atoms with van der Waals surface area (Å²) in [5.74, 6) is -0.987. The van der Waals surface area contributed by atoms with Crippen LogP contribution in [0.4, 0.5) is 0 Å². The van der Waals surface area contributed by atoms with Crippen molar-refractivity contribution in [3.05, 3.63) is 0 Å². The van der Waals surface area contributed by atoms with Crippen LogP contribution in [0.5, 0.6) is 0 Å². The Kier molecular flexibility index (Phi) is 3.84. The highest BCUT2D eigenvalue weighted by Crippen LogP contribution is 2.47. The second-order valence-corrected chi connectivity index (χ2v) is 5.85. The number of carboxylic acid groups (broad SMARTS) is 1. The Morgan fingerprint density at radius 2 is 1.88 bits per heavy atom. The van der Waals surface area contributed by atoms with Crippen LogP contribution in [0.2, 0.25) is 0 Å². The number of aliphatic carboxylic acids is 1. The molecule has 0 aromatic heterocycles. The van der Waals surface area contributed by atoms with E-state index in [2.05, 4.69) is 13.8 Å². The van der Waals surface area contributed by atoms with Crippen molar-refractivity contribution in [3.8, 4) is 0 Å². The van der Waals surface area contributed by atoms with Crippen LogP contribution in [0.3, 0.4) is 0 Å². The smallest absolute Gasteiger partial charge is 0.329 e. The molecule has 1 amide bonds. The number of hydrogen-bond acceptors (Lipinski definition) is 2. The van der Waals surface area contributed by atoms with Crippen molar-refractivity contribution >= 4 is 11.9 Å². The van der Waals surface area contributed by atoms with Crippen LogP contribution >= 0.6 is 0 Å². The lowest BCUT2D eigenvalue weighted by Crippen LogP contribution is -2.55. The van der Waals surface area contributed by atoms with Gasteiger partial charge in [-0.15, -0.1) is 0 Å². The number of rotatable bonds is 4. The Bertz CT molecular complexity index is 325. The second-order valence-electron chi connectivity index (χ2n) is 5.85. The van der Waals surface area contributed by atoms with Gasteiger partial charge in [0.25, 0.3) is 0 Å². The molecule has 1 unspecified atom stereocenters. The summed E-state index contributed by atoms with van der Waals surface area (Å²) >= 11 is 0. The zero-order chi connectivity index (χ0) is 13.3. The fraction of sp³-hybridized carbons (Fsp3) is 0.846. The van der Waals surface area contributed by atoms with Gasteiger partial charge >= 0.3 is 5.97 Å². The van der Waals surface area contributed by atoms with Gasteiger partial charge in [-0.1, -0.05) is 20.8 Å². The maximum absolute atomic E-state index is 11.7. The lowest BCUT2D eigenvalue weighted by Gasteiger charge is -2.38. The van der Waals surface area contributed by atoms with Crippen molar-refractivity contribution in [1.29, 1.82) is 0 Å². The van der Waals surface area contributed by atoms with Gasteiger partial charge in [-0.3, -0.25) is 4.79 Å². The van der Waals surface area contributed by atoms with Gasteiger partial charge in [0, 0.05) is 13.5 Å². The summed E-state index contributed by atoms with van der Waals surface area (Å²) in [6.07, 6.45) is 2.76. The van der Waals surface area contributed by atoms with E-state index in [1.165, 1.54) is 6.92 Å². The van der Waals surface area contributed by atoms with Crippen molar-refractivity contribution < 1.29 is 14.7 Å². The zero-order valence-electron chi connectivity index (χ0n) is 11.2. The van der Waals surface area contributed by atoms with Crippen LogP contribution < -0.4 is 0 Å². The minimum absolute atomic E-state index is 0.000167. The molecule has 0 spiro atoms. The quantitative estimate of drug-likeness (QED) is 0.821. The highest BCUT2D eigenvalue weighted by Gasteiger charge is 2.53. The van der Waals surface area contributed by atoms with Crippen molar-refractivity contribution in [3.63, 3.8) is 0 Å². The van der Waals surface area contributed by atoms with Crippen LogP contribution in [0, 0.1) is 5.41 Å². The molecular weight excluding hydrogens is 218 g/mol. The molecule has 1 aliphatic carbocycles. The van der Waals surface area contributed by atoms with Gasteiger partial charge in [0.15, 0.2) is 0 Å². The first kappa shape index (κ1) is 14.0. The summed E-state index contributed by atoms with van der Waals surface area (Å²) in [5.41, 5.74) is -0.981. The highest BCUT2D eigenvalue weighted by molar-refractivity contribution is 5.86. The Labute approximate surface area is 103 Å². The van der Waals surface area contributed by atoms with Crippen molar-refractivity contribution in [1.82, 2.24) is 4.90 Å². The van der Waals surface area contributed by atoms with Crippen LogP contribution in [0.25, 0.3) is 0 Å².